The van der Waals surface area contributed by atoms with Crippen LogP contribution >= 0.6 is 0 Å². The van der Waals surface area contributed by atoms with Crippen LogP contribution in [0.3, 0.4) is 0 Å². The zero-order valence-electron chi connectivity index (χ0n) is 13.3. The summed E-state index contributed by atoms with van der Waals surface area (Å²) < 4.78 is 15.3. The fraction of sp³-hybridized carbons (Fsp3) is 0.235. The Morgan fingerprint density at radius 2 is 2.24 bits per heavy atom. The Bertz CT molecular complexity index is 919. The Hall–Kier alpha value is -3.00. The van der Waals surface area contributed by atoms with Crippen LogP contribution in [0.2, 0.25) is 0 Å². The number of hydrogen-bond acceptors (Lipinski definition) is 4. The van der Waals surface area contributed by atoms with Gasteiger partial charge < -0.3 is 10.1 Å². The molecule has 0 unspecified atom stereocenters. The molecular formula is C17H16FN5O2. The number of aromatic amines is 1. The van der Waals surface area contributed by atoms with Crippen molar-refractivity contribution in [3.8, 4) is 5.69 Å². The summed E-state index contributed by atoms with van der Waals surface area (Å²) in [5, 5.41) is 13.8. The van der Waals surface area contributed by atoms with Crippen molar-refractivity contribution in [3.63, 3.8) is 0 Å². The number of carboxylic acids is 1. The first-order valence-corrected chi connectivity index (χ1v) is 7.91. The number of benzene rings is 1. The molecule has 128 valence electrons. The topological polar surface area (TPSA) is 87.0 Å². The molecule has 0 radical (unpaired) electrons. The average molecular weight is 341 g/mol. The monoisotopic (exact) mass is 341 g/mol. The molecule has 1 atom stereocenters. The summed E-state index contributed by atoms with van der Waals surface area (Å²) in [4.78, 5) is 20.7. The summed E-state index contributed by atoms with van der Waals surface area (Å²) in [5.41, 5.74) is 2.59. The Morgan fingerprint density at radius 3 is 3.04 bits per heavy atom. The van der Waals surface area contributed by atoms with Crippen molar-refractivity contribution in [2.45, 2.75) is 19.0 Å². The molecule has 3 aromatic rings. The van der Waals surface area contributed by atoms with Crippen LogP contribution in [-0.2, 0) is 17.8 Å². The van der Waals surface area contributed by atoms with Crippen molar-refractivity contribution in [1.29, 1.82) is 0 Å². The van der Waals surface area contributed by atoms with Gasteiger partial charge in [-0.1, -0.05) is 12.1 Å². The quantitative estimate of drug-likeness (QED) is 0.757. The summed E-state index contributed by atoms with van der Waals surface area (Å²) >= 11 is 0. The summed E-state index contributed by atoms with van der Waals surface area (Å²) in [6.07, 6.45) is 5.59. The summed E-state index contributed by atoms with van der Waals surface area (Å²) in [7, 11) is 0. The lowest BCUT2D eigenvalue weighted by molar-refractivity contribution is -0.144. The van der Waals surface area contributed by atoms with E-state index < -0.39 is 12.0 Å². The van der Waals surface area contributed by atoms with Gasteiger partial charge in [-0.3, -0.25) is 9.69 Å². The highest BCUT2D eigenvalue weighted by molar-refractivity contribution is 5.75. The molecule has 0 bridgehead atoms. The van der Waals surface area contributed by atoms with E-state index in [1.165, 1.54) is 17.1 Å². The van der Waals surface area contributed by atoms with Crippen LogP contribution < -0.4 is 0 Å². The Balaban J connectivity index is 1.59. The SMILES string of the molecule is O=C(O)[C@H]1c2nc[nH]c2CCN1Cc1cnn(-c2ccccc2F)c1. The van der Waals surface area contributed by atoms with E-state index in [0.717, 1.165) is 11.3 Å². The molecular weight excluding hydrogens is 325 g/mol. The van der Waals surface area contributed by atoms with Crippen molar-refractivity contribution < 1.29 is 14.3 Å². The minimum Gasteiger partial charge on any atom is -0.480 e. The van der Waals surface area contributed by atoms with E-state index in [4.69, 9.17) is 0 Å². The molecule has 0 aliphatic carbocycles. The number of aliphatic carboxylic acids is 1. The van der Waals surface area contributed by atoms with Gasteiger partial charge in [-0.25, -0.2) is 14.1 Å². The molecule has 0 saturated carbocycles. The van der Waals surface area contributed by atoms with Crippen LogP contribution in [0.1, 0.15) is 23.0 Å². The number of hydrogen-bond donors (Lipinski definition) is 2. The third-order valence-corrected chi connectivity index (χ3v) is 4.38. The second-order valence-corrected chi connectivity index (χ2v) is 5.97. The minimum absolute atomic E-state index is 0.358. The van der Waals surface area contributed by atoms with Gasteiger partial charge in [-0.05, 0) is 12.1 Å². The molecule has 0 fully saturated rings. The van der Waals surface area contributed by atoms with E-state index in [2.05, 4.69) is 15.1 Å². The number of carbonyl (C=O) groups is 1. The Morgan fingerprint density at radius 1 is 1.40 bits per heavy atom. The van der Waals surface area contributed by atoms with Crippen LogP contribution in [0.4, 0.5) is 4.39 Å². The third kappa shape index (κ3) is 2.80. The van der Waals surface area contributed by atoms with Gasteiger partial charge in [0.2, 0.25) is 0 Å². The van der Waals surface area contributed by atoms with Crippen molar-refractivity contribution in [1.82, 2.24) is 24.6 Å². The first-order chi connectivity index (χ1) is 12.1. The lowest BCUT2D eigenvalue weighted by Crippen LogP contribution is -2.39. The number of nitrogens with one attached hydrogen (secondary N) is 1. The first-order valence-electron chi connectivity index (χ1n) is 7.91. The average Bonchev–Trinajstić information content (AvgIpc) is 3.24. The van der Waals surface area contributed by atoms with Crippen molar-refractivity contribution >= 4 is 5.97 Å². The zero-order valence-corrected chi connectivity index (χ0v) is 13.3. The maximum atomic E-state index is 13.9. The minimum atomic E-state index is -0.936. The standard InChI is InChI=1S/C17H16FN5O2/c18-12-3-1-2-4-14(12)23-9-11(7-21-23)8-22-6-5-13-15(20-10-19-13)16(22)17(24)25/h1-4,7,9-10,16H,5-6,8H2,(H,19,20)(H,24,25)/t16-/m1/s1. The maximum absolute atomic E-state index is 13.9. The van der Waals surface area contributed by atoms with E-state index in [1.54, 1.807) is 30.6 Å². The second kappa shape index (κ2) is 6.14. The van der Waals surface area contributed by atoms with Gasteiger partial charge in [-0.2, -0.15) is 5.10 Å². The summed E-state index contributed by atoms with van der Waals surface area (Å²) in [5.74, 6) is -1.30. The van der Waals surface area contributed by atoms with Crippen molar-refractivity contribution in [3.05, 3.63) is 65.8 Å². The van der Waals surface area contributed by atoms with Gasteiger partial charge in [-0.15, -0.1) is 0 Å². The summed E-state index contributed by atoms with van der Waals surface area (Å²) in [6, 6.07) is 5.58. The van der Waals surface area contributed by atoms with E-state index in [1.807, 2.05) is 4.90 Å². The van der Waals surface area contributed by atoms with Crippen LogP contribution in [0.25, 0.3) is 5.69 Å². The third-order valence-electron chi connectivity index (χ3n) is 4.38. The maximum Gasteiger partial charge on any atom is 0.327 e. The normalized spacial score (nSPS) is 17.4. The zero-order chi connectivity index (χ0) is 17.4. The molecule has 4 rings (SSSR count). The first kappa shape index (κ1) is 15.5. The fourth-order valence-corrected chi connectivity index (χ4v) is 3.21. The molecule has 25 heavy (non-hydrogen) atoms. The molecule has 1 aliphatic heterocycles. The number of imidazole rings is 1. The predicted molar refractivity (Wildman–Crippen MR) is 86.6 cm³/mol. The van der Waals surface area contributed by atoms with E-state index in [9.17, 15) is 14.3 Å². The molecule has 3 heterocycles. The second-order valence-electron chi connectivity index (χ2n) is 5.97. The molecule has 0 amide bonds. The lowest BCUT2D eigenvalue weighted by Gasteiger charge is -2.31. The van der Waals surface area contributed by atoms with Crippen molar-refractivity contribution in [2.75, 3.05) is 6.54 Å². The van der Waals surface area contributed by atoms with Gasteiger partial charge in [0, 0.05) is 37.0 Å². The molecule has 8 heteroatoms. The van der Waals surface area contributed by atoms with Gasteiger partial charge in [0.25, 0.3) is 0 Å². The van der Waals surface area contributed by atoms with Gasteiger partial charge in [0.15, 0.2) is 6.04 Å². The number of para-hydroxylation sites is 1. The van der Waals surface area contributed by atoms with Gasteiger partial charge in [0.05, 0.1) is 18.2 Å². The van der Waals surface area contributed by atoms with Crippen LogP contribution in [0, 0.1) is 5.82 Å². The molecule has 2 aromatic heterocycles. The highest BCUT2D eigenvalue weighted by Gasteiger charge is 2.35. The van der Waals surface area contributed by atoms with Gasteiger partial charge in [0.1, 0.15) is 11.5 Å². The number of halogens is 1. The highest BCUT2D eigenvalue weighted by Crippen LogP contribution is 2.29. The largest absolute Gasteiger partial charge is 0.480 e. The molecule has 7 nitrogen and oxygen atoms in total. The smallest absolute Gasteiger partial charge is 0.327 e. The van der Waals surface area contributed by atoms with Crippen molar-refractivity contribution in [2.24, 2.45) is 0 Å². The Kier molecular flexibility index (Phi) is 3.81. The number of fused-ring (bicyclic) bond motifs is 1. The number of H-pyrrole nitrogens is 1. The highest BCUT2D eigenvalue weighted by atomic mass is 19.1. The Labute approximate surface area is 142 Å². The number of rotatable bonds is 4. The van der Waals surface area contributed by atoms with Crippen LogP contribution in [0.5, 0.6) is 0 Å². The number of carboxylic acid groups (broad SMARTS) is 1. The van der Waals surface area contributed by atoms with Gasteiger partial charge >= 0.3 is 5.97 Å². The van der Waals surface area contributed by atoms with Crippen LogP contribution in [0.15, 0.2) is 43.0 Å². The van der Waals surface area contributed by atoms with Crippen LogP contribution in [-0.4, -0.2) is 42.3 Å². The lowest BCUT2D eigenvalue weighted by atomic mass is 10.0. The number of aromatic nitrogens is 4. The van der Waals surface area contributed by atoms with E-state index in [0.29, 0.717) is 30.9 Å². The molecule has 0 spiro atoms. The molecule has 1 aliphatic rings. The molecule has 0 saturated heterocycles. The predicted octanol–water partition coefficient (Wildman–Crippen LogP) is 1.92. The van der Waals surface area contributed by atoms with E-state index >= 15 is 0 Å². The molecule has 1 aromatic carbocycles. The van der Waals surface area contributed by atoms with E-state index in [-0.39, 0.29) is 5.82 Å². The fourth-order valence-electron chi connectivity index (χ4n) is 3.21. The molecule has 2 N–H and O–H groups in total. The number of nitrogens with zero attached hydrogens (tertiary/aromatic N) is 4. The summed E-state index contributed by atoms with van der Waals surface area (Å²) in [6.45, 7) is 0.995.